The van der Waals surface area contributed by atoms with Crippen molar-refractivity contribution < 1.29 is 0 Å². The highest BCUT2D eigenvalue weighted by Crippen LogP contribution is 2.45. The average Bonchev–Trinajstić information content (AvgIpc) is 2.23. The van der Waals surface area contributed by atoms with Crippen LogP contribution in [0.15, 0.2) is 24.3 Å². The fraction of sp³-hybridized carbons (Fsp3) is 0.571. The van der Waals surface area contributed by atoms with Gasteiger partial charge in [-0.3, -0.25) is 0 Å². The van der Waals surface area contributed by atoms with Gasteiger partial charge in [-0.25, -0.2) is 0 Å². The van der Waals surface area contributed by atoms with E-state index in [1.165, 1.54) is 0 Å². The number of fused-ring (bicyclic) bond motifs is 1. The molecule has 0 spiro atoms. The van der Waals surface area contributed by atoms with Gasteiger partial charge in [-0.05, 0) is 34.8 Å². The lowest BCUT2D eigenvalue weighted by molar-refractivity contribution is 0.273. The zero-order chi connectivity index (χ0) is 10.3. The molecule has 0 heteroatoms. The van der Waals surface area contributed by atoms with E-state index in [9.17, 15) is 0 Å². The van der Waals surface area contributed by atoms with E-state index in [4.69, 9.17) is 0 Å². The average molecular weight is 188 g/mol. The maximum Gasteiger partial charge on any atom is -0.0159 e. The first-order chi connectivity index (χ1) is 6.63. The minimum Gasteiger partial charge on any atom is -0.0620 e. The summed E-state index contributed by atoms with van der Waals surface area (Å²) in [7, 11) is 0. The van der Waals surface area contributed by atoms with Crippen LogP contribution in [0.25, 0.3) is 0 Å². The largest absolute Gasteiger partial charge is 0.0620 e. The van der Waals surface area contributed by atoms with E-state index in [1.807, 2.05) is 0 Å². The quantitative estimate of drug-likeness (QED) is 0.573. The van der Waals surface area contributed by atoms with E-state index in [-0.39, 0.29) is 0 Å². The van der Waals surface area contributed by atoms with Gasteiger partial charge in [-0.2, -0.15) is 0 Å². The van der Waals surface area contributed by atoms with E-state index in [0.717, 1.165) is 23.7 Å². The Hall–Kier alpha value is -0.780. The van der Waals surface area contributed by atoms with Gasteiger partial charge < -0.3 is 0 Å². The van der Waals surface area contributed by atoms with Crippen molar-refractivity contribution in [3.05, 3.63) is 35.4 Å². The molecule has 0 amide bonds. The second-order valence-corrected chi connectivity index (χ2v) is 4.92. The van der Waals surface area contributed by atoms with Gasteiger partial charge in [0.1, 0.15) is 0 Å². The van der Waals surface area contributed by atoms with Gasteiger partial charge >= 0.3 is 0 Å². The van der Waals surface area contributed by atoms with Crippen molar-refractivity contribution in [3.8, 4) is 0 Å². The molecule has 0 aromatic heterocycles. The molecule has 0 aliphatic heterocycles. The molecule has 76 valence electrons. The van der Waals surface area contributed by atoms with Gasteiger partial charge in [0.2, 0.25) is 0 Å². The van der Waals surface area contributed by atoms with Gasteiger partial charge in [0.15, 0.2) is 0 Å². The maximum atomic E-state index is 2.39. The molecule has 14 heavy (non-hydrogen) atoms. The lowest BCUT2D eigenvalue weighted by Crippen LogP contribution is -2.27. The van der Waals surface area contributed by atoms with Crippen molar-refractivity contribution in [1.82, 2.24) is 0 Å². The highest BCUT2D eigenvalue weighted by atomic mass is 14.4. The number of hydrogen-bond acceptors (Lipinski definition) is 0. The molecule has 0 N–H and O–H groups in total. The summed E-state index contributed by atoms with van der Waals surface area (Å²) >= 11 is 0. The molecule has 0 fully saturated rings. The van der Waals surface area contributed by atoms with E-state index in [1.54, 1.807) is 11.1 Å². The van der Waals surface area contributed by atoms with Gasteiger partial charge in [0.05, 0.1) is 0 Å². The molecular formula is C14H20. The fourth-order valence-corrected chi connectivity index (χ4v) is 2.82. The Balaban J connectivity index is 2.51. The first kappa shape index (κ1) is 9.76. The van der Waals surface area contributed by atoms with Crippen LogP contribution in [0.2, 0.25) is 0 Å². The topological polar surface area (TPSA) is 0 Å². The van der Waals surface area contributed by atoms with Gasteiger partial charge in [0.25, 0.3) is 0 Å². The third-order valence-corrected chi connectivity index (χ3v) is 4.38. The van der Waals surface area contributed by atoms with Crippen LogP contribution in [0, 0.1) is 11.8 Å². The second-order valence-electron chi connectivity index (χ2n) is 4.92. The van der Waals surface area contributed by atoms with Gasteiger partial charge in [0, 0.05) is 0 Å². The van der Waals surface area contributed by atoms with E-state index in [2.05, 4.69) is 52.0 Å². The van der Waals surface area contributed by atoms with Crippen molar-refractivity contribution in [1.29, 1.82) is 0 Å². The van der Waals surface area contributed by atoms with Crippen LogP contribution in [0.4, 0.5) is 0 Å². The smallest absolute Gasteiger partial charge is 0.0159 e. The monoisotopic (exact) mass is 188 g/mol. The Morgan fingerprint density at radius 3 is 1.43 bits per heavy atom. The normalized spacial score (nSPS) is 36.6. The number of rotatable bonds is 0. The molecule has 1 aromatic rings. The predicted octanol–water partition coefficient (Wildman–Crippen LogP) is 4.18. The molecule has 0 saturated heterocycles. The Labute approximate surface area is 87.3 Å². The summed E-state index contributed by atoms with van der Waals surface area (Å²) in [5, 5.41) is 0. The van der Waals surface area contributed by atoms with Crippen LogP contribution in [0.5, 0.6) is 0 Å². The Morgan fingerprint density at radius 2 is 1.07 bits per heavy atom. The van der Waals surface area contributed by atoms with Gasteiger partial charge in [-0.1, -0.05) is 52.0 Å². The van der Waals surface area contributed by atoms with Crippen LogP contribution >= 0.6 is 0 Å². The van der Waals surface area contributed by atoms with Crippen LogP contribution in [0.3, 0.4) is 0 Å². The van der Waals surface area contributed by atoms with Gasteiger partial charge in [-0.15, -0.1) is 0 Å². The molecule has 2 rings (SSSR count). The predicted molar refractivity (Wildman–Crippen MR) is 61.6 cm³/mol. The third-order valence-electron chi connectivity index (χ3n) is 4.38. The second kappa shape index (κ2) is 3.42. The summed E-state index contributed by atoms with van der Waals surface area (Å²) in [6, 6.07) is 8.95. The van der Waals surface area contributed by atoms with E-state index >= 15 is 0 Å². The summed E-state index contributed by atoms with van der Waals surface area (Å²) < 4.78 is 0. The molecule has 4 atom stereocenters. The minimum atomic E-state index is 0.720. The molecule has 0 saturated carbocycles. The van der Waals surface area contributed by atoms with E-state index < -0.39 is 0 Å². The molecular weight excluding hydrogens is 168 g/mol. The van der Waals surface area contributed by atoms with Crippen LogP contribution in [-0.2, 0) is 0 Å². The third kappa shape index (κ3) is 1.28. The van der Waals surface area contributed by atoms with Crippen molar-refractivity contribution in [2.75, 3.05) is 0 Å². The fourth-order valence-electron chi connectivity index (χ4n) is 2.82. The molecule has 0 bridgehead atoms. The number of hydrogen-bond donors (Lipinski definition) is 0. The first-order valence-electron chi connectivity index (χ1n) is 5.71. The van der Waals surface area contributed by atoms with Crippen LogP contribution in [-0.4, -0.2) is 0 Å². The molecule has 0 heterocycles. The lowest BCUT2D eigenvalue weighted by Gasteiger charge is -2.38. The number of benzene rings is 1. The molecule has 4 unspecified atom stereocenters. The zero-order valence-corrected chi connectivity index (χ0v) is 9.62. The SMILES string of the molecule is CC1c2ccccc2C(C)C(C)C1C. The van der Waals surface area contributed by atoms with Crippen molar-refractivity contribution in [3.63, 3.8) is 0 Å². The highest BCUT2D eigenvalue weighted by molar-refractivity contribution is 5.36. The van der Waals surface area contributed by atoms with Crippen molar-refractivity contribution in [2.24, 2.45) is 11.8 Å². The van der Waals surface area contributed by atoms with Crippen LogP contribution in [0.1, 0.15) is 50.7 Å². The Kier molecular flexibility index (Phi) is 2.38. The molecule has 1 aliphatic carbocycles. The van der Waals surface area contributed by atoms with Crippen LogP contribution < -0.4 is 0 Å². The lowest BCUT2D eigenvalue weighted by atomic mass is 9.66. The maximum absolute atomic E-state index is 2.39. The highest BCUT2D eigenvalue weighted by Gasteiger charge is 2.32. The zero-order valence-electron chi connectivity index (χ0n) is 9.62. The van der Waals surface area contributed by atoms with Crippen molar-refractivity contribution >= 4 is 0 Å². The van der Waals surface area contributed by atoms with Crippen molar-refractivity contribution in [2.45, 2.75) is 39.5 Å². The Bertz CT molecular complexity index is 294. The standard InChI is InChI=1S/C14H20/c1-9-10(2)12(4)14-8-6-5-7-13(14)11(9)3/h5-12H,1-4H3. The molecule has 1 aromatic carbocycles. The first-order valence-corrected chi connectivity index (χ1v) is 5.71. The summed E-state index contributed by atoms with van der Waals surface area (Å²) in [6.45, 7) is 9.52. The summed E-state index contributed by atoms with van der Waals surface area (Å²) in [5.74, 6) is 3.05. The summed E-state index contributed by atoms with van der Waals surface area (Å²) in [6.07, 6.45) is 0. The van der Waals surface area contributed by atoms with E-state index in [0.29, 0.717) is 0 Å². The molecule has 0 nitrogen and oxygen atoms in total. The molecule has 1 aliphatic rings. The minimum absolute atomic E-state index is 0.720. The molecule has 0 radical (unpaired) electrons. The summed E-state index contributed by atoms with van der Waals surface area (Å²) in [4.78, 5) is 0. The Morgan fingerprint density at radius 1 is 0.714 bits per heavy atom. The summed E-state index contributed by atoms with van der Waals surface area (Å²) in [5.41, 5.74) is 3.15.